The number of fused-ring (bicyclic) bond motifs is 1. The van der Waals surface area contributed by atoms with E-state index in [1.54, 1.807) is 37.4 Å². The van der Waals surface area contributed by atoms with Gasteiger partial charge < -0.3 is 19.2 Å². The molecule has 0 aliphatic heterocycles. The van der Waals surface area contributed by atoms with E-state index >= 15 is 0 Å². The topological polar surface area (TPSA) is 84.5 Å². The molecule has 0 unspecified atom stereocenters. The molecule has 2 aromatic carbocycles. The molecule has 0 bridgehead atoms. The molecule has 0 saturated heterocycles. The molecule has 6 nitrogen and oxygen atoms in total. The van der Waals surface area contributed by atoms with Crippen LogP contribution in [0.1, 0.15) is 28.6 Å². The molecular weight excluding hydrogens is 332 g/mol. The van der Waals surface area contributed by atoms with Crippen LogP contribution in [0.4, 0.5) is 5.69 Å². The fraction of sp³-hybridized carbons (Fsp3) is 0.200. The molecule has 0 fully saturated rings. The molecular formula is C20H18N2O4. The van der Waals surface area contributed by atoms with Crippen molar-refractivity contribution in [1.29, 1.82) is 5.26 Å². The summed E-state index contributed by atoms with van der Waals surface area (Å²) in [6.07, 6.45) is 0. The Morgan fingerprint density at radius 3 is 2.77 bits per heavy atom. The maximum Gasteiger partial charge on any atom is 0.291 e. The number of hydrogen-bond donors (Lipinski definition) is 1. The van der Waals surface area contributed by atoms with Crippen molar-refractivity contribution in [1.82, 2.24) is 0 Å². The van der Waals surface area contributed by atoms with Crippen LogP contribution in [0.15, 0.2) is 40.8 Å². The van der Waals surface area contributed by atoms with Gasteiger partial charge in [-0.1, -0.05) is 0 Å². The first-order chi connectivity index (χ1) is 12.6. The molecule has 0 aliphatic rings. The molecule has 3 rings (SSSR count). The van der Waals surface area contributed by atoms with E-state index in [0.717, 1.165) is 5.39 Å². The number of carbonyl (C=O) groups is 1. The van der Waals surface area contributed by atoms with Crippen molar-refractivity contribution in [3.8, 4) is 17.6 Å². The second-order valence-corrected chi connectivity index (χ2v) is 5.63. The van der Waals surface area contributed by atoms with Gasteiger partial charge in [0, 0.05) is 10.9 Å². The normalized spacial score (nSPS) is 10.4. The van der Waals surface area contributed by atoms with Crippen molar-refractivity contribution >= 4 is 22.6 Å². The molecule has 132 valence electrons. The number of benzene rings is 2. The lowest BCUT2D eigenvalue weighted by Crippen LogP contribution is -2.13. The Kier molecular flexibility index (Phi) is 4.81. The predicted molar refractivity (Wildman–Crippen MR) is 97.8 cm³/mol. The molecule has 0 spiro atoms. The average molecular weight is 350 g/mol. The number of anilines is 1. The van der Waals surface area contributed by atoms with Crippen LogP contribution >= 0.6 is 0 Å². The first-order valence-corrected chi connectivity index (χ1v) is 8.12. The Bertz CT molecular complexity index is 1010. The first-order valence-electron chi connectivity index (χ1n) is 8.12. The Morgan fingerprint density at radius 1 is 1.27 bits per heavy atom. The van der Waals surface area contributed by atoms with Crippen molar-refractivity contribution in [2.24, 2.45) is 0 Å². The van der Waals surface area contributed by atoms with Gasteiger partial charge >= 0.3 is 0 Å². The van der Waals surface area contributed by atoms with Gasteiger partial charge in [0.1, 0.15) is 17.1 Å². The summed E-state index contributed by atoms with van der Waals surface area (Å²) in [6, 6.07) is 12.3. The molecule has 1 heterocycles. The van der Waals surface area contributed by atoms with E-state index in [4.69, 9.17) is 19.2 Å². The summed E-state index contributed by atoms with van der Waals surface area (Å²) in [6.45, 7) is 4.11. The van der Waals surface area contributed by atoms with E-state index in [0.29, 0.717) is 40.5 Å². The molecule has 3 aromatic rings. The molecule has 1 aromatic heterocycles. The van der Waals surface area contributed by atoms with Crippen LogP contribution in [0.5, 0.6) is 11.5 Å². The lowest BCUT2D eigenvalue weighted by atomic mass is 10.1. The second-order valence-electron chi connectivity index (χ2n) is 5.63. The number of nitriles is 1. The Labute approximate surface area is 150 Å². The highest BCUT2D eigenvalue weighted by Crippen LogP contribution is 2.31. The van der Waals surface area contributed by atoms with E-state index in [9.17, 15) is 4.79 Å². The number of methoxy groups -OCH3 is 1. The summed E-state index contributed by atoms with van der Waals surface area (Å²) in [4.78, 5) is 12.7. The van der Waals surface area contributed by atoms with Gasteiger partial charge in [0.05, 0.1) is 31.0 Å². The van der Waals surface area contributed by atoms with Crippen LogP contribution in [0.2, 0.25) is 0 Å². The maximum atomic E-state index is 12.7. The molecule has 1 amide bonds. The fourth-order valence-electron chi connectivity index (χ4n) is 2.70. The van der Waals surface area contributed by atoms with Crippen molar-refractivity contribution in [2.45, 2.75) is 13.8 Å². The molecule has 0 aliphatic carbocycles. The minimum absolute atomic E-state index is 0.207. The summed E-state index contributed by atoms with van der Waals surface area (Å²) in [5.74, 6) is 0.982. The Hall–Kier alpha value is -3.46. The van der Waals surface area contributed by atoms with Crippen molar-refractivity contribution in [2.75, 3.05) is 19.0 Å². The van der Waals surface area contributed by atoms with Gasteiger partial charge in [-0.25, -0.2) is 0 Å². The van der Waals surface area contributed by atoms with Crippen LogP contribution in [0.3, 0.4) is 0 Å². The smallest absolute Gasteiger partial charge is 0.291 e. The van der Waals surface area contributed by atoms with Gasteiger partial charge in [-0.3, -0.25) is 4.79 Å². The lowest BCUT2D eigenvalue weighted by molar-refractivity contribution is 0.0997. The number of amides is 1. The number of hydrogen-bond acceptors (Lipinski definition) is 5. The van der Waals surface area contributed by atoms with Gasteiger partial charge in [0.2, 0.25) is 0 Å². The van der Waals surface area contributed by atoms with E-state index in [-0.39, 0.29) is 5.76 Å². The SMILES string of the molecule is CCOc1ccc(C#N)cc1NC(=O)c1oc2ccc(OC)cc2c1C. The Balaban J connectivity index is 1.97. The third kappa shape index (κ3) is 3.20. The van der Waals surface area contributed by atoms with E-state index in [1.165, 1.54) is 0 Å². The highest BCUT2D eigenvalue weighted by molar-refractivity contribution is 6.07. The van der Waals surface area contributed by atoms with Gasteiger partial charge in [-0.15, -0.1) is 0 Å². The zero-order valence-electron chi connectivity index (χ0n) is 14.8. The molecule has 1 N–H and O–H groups in total. The van der Waals surface area contributed by atoms with Crippen LogP contribution < -0.4 is 14.8 Å². The molecule has 26 heavy (non-hydrogen) atoms. The zero-order valence-corrected chi connectivity index (χ0v) is 14.8. The third-order valence-electron chi connectivity index (χ3n) is 4.01. The number of carbonyl (C=O) groups excluding carboxylic acids is 1. The van der Waals surface area contributed by atoms with Crippen LogP contribution in [0.25, 0.3) is 11.0 Å². The number of ether oxygens (including phenoxy) is 2. The molecule has 6 heteroatoms. The quantitative estimate of drug-likeness (QED) is 0.743. The van der Waals surface area contributed by atoms with Crippen molar-refractivity contribution in [3.05, 3.63) is 53.3 Å². The molecule has 0 atom stereocenters. The number of furan rings is 1. The highest BCUT2D eigenvalue weighted by atomic mass is 16.5. The van der Waals surface area contributed by atoms with E-state index < -0.39 is 5.91 Å². The lowest BCUT2D eigenvalue weighted by Gasteiger charge is -2.11. The minimum atomic E-state index is -0.409. The van der Waals surface area contributed by atoms with Crippen LogP contribution in [0, 0.1) is 18.3 Å². The maximum absolute atomic E-state index is 12.7. The minimum Gasteiger partial charge on any atom is -0.497 e. The second kappa shape index (κ2) is 7.19. The van der Waals surface area contributed by atoms with E-state index in [1.807, 2.05) is 19.9 Å². The largest absolute Gasteiger partial charge is 0.497 e. The van der Waals surface area contributed by atoms with Gasteiger partial charge in [0.25, 0.3) is 5.91 Å². The number of aryl methyl sites for hydroxylation is 1. The van der Waals surface area contributed by atoms with Crippen LogP contribution in [-0.2, 0) is 0 Å². The van der Waals surface area contributed by atoms with Gasteiger partial charge in [0.15, 0.2) is 5.76 Å². The Morgan fingerprint density at radius 2 is 2.08 bits per heavy atom. The van der Waals surface area contributed by atoms with E-state index in [2.05, 4.69) is 11.4 Å². The molecule has 0 saturated carbocycles. The van der Waals surface area contributed by atoms with Crippen LogP contribution in [-0.4, -0.2) is 19.6 Å². The summed E-state index contributed by atoms with van der Waals surface area (Å²) >= 11 is 0. The van der Waals surface area contributed by atoms with Crippen molar-refractivity contribution < 1.29 is 18.7 Å². The number of nitrogens with zero attached hydrogens (tertiary/aromatic N) is 1. The van der Waals surface area contributed by atoms with Gasteiger partial charge in [-0.2, -0.15) is 5.26 Å². The number of nitrogens with one attached hydrogen (secondary N) is 1. The average Bonchev–Trinajstić information content (AvgIpc) is 2.99. The standard InChI is InChI=1S/C20H18N2O4/c1-4-25-18-7-5-13(11-21)9-16(18)22-20(23)19-12(2)15-10-14(24-3)6-8-17(15)26-19/h5-10H,4H2,1-3H3,(H,22,23). The molecule has 0 radical (unpaired) electrons. The van der Waals surface area contributed by atoms with Crippen molar-refractivity contribution in [3.63, 3.8) is 0 Å². The summed E-state index contributed by atoms with van der Waals surface area (Å²) < 4.78 is 16.5. The first kappa shape index (κ1) is 17.4. The predicted octanol–water partition coefficient (Wildman–Crippen LogP) is 4.27. The third-order valence-corrected chi connectivity index (χ3v) is 4.01. The highest BCUT2D eigenvalue weighted by Gasteiger charge is 2.19. The zero-order chi connectivity index (χ0) is 18.7. The monoisotopic (exact) mass is 350 g/mol. The summed E-state index contributed by atoms with van der Waals surface area (Å²) in [5, 5.41) is 12.7. The number of rotatable bonds is 5. The van der Waals surface area contributed by atoms with Gasteiger partial charge in [-0.05, 0) is 50.2 Å². The summed E-state index contributed by atoms with van der Waals surface area (Å²) in [5.41, 5.74) is 2.17. The fourth-order valence-corrected chi connectivity index (χ4v) is 2.70. The summed E-state index contributed by atoms with van der Waals surface area (Å²) in [7, 11) is 1.58.